The zero-order chi connectivity index (χ0) is 14.1. The SMILES string of the molecule is C=CCSc1nc2c(=O)c3c(sc2n1CC)CCCC3. The quantitative estimate of drug-likeness (QED) is 0.639. The van der Waals surface area contributed by atoms with Gasteiger partial charge < -0.3 is 4.57 Å². The molecule has 0 atom stereocenters. The van der Waals surface area contributed by atoms with Crippen molar-refractivity contribution in [2.24, 2.45) is 0 Å². The van der Waals surface area contributed by atoms with E-state index in [0.29, 0.717) is 5.52 Å². The lowest BCUT2D eigenvalue weighted by molar-refractivity contribution is 0.692. The Morgan fingerprint density at radius 2 is 2.25 bits per heavy atom. The molecule has 0 N–H and O–H groups in total. The average Bonchev–Trinajstić information content (AvgIpc) is 2.83. The molecule has 2 heterocycles. The van der Waals surface area contributed by atoms with Crippen molar-refractivity contribution in [3.63, 3.8) is 0 Å². The molecule has 1 aliphatic rings. The molecule has 0 aromatic carbocycles. The summed E-state index contributed by atoms with van der Waals surface area (Å²) in [5, 5.41) is 0.943. The Morgan fingerprint density at radius 1 is 1.45 bits per heavy atom. The second-order valence-electron chi connectivity index (χ2n) is 4.93. The van der Waals surface area contributed by atoms with Gasteiger partial charge in [0.2, 0.25) is 5.43 Å². The molecule has 0 fully saturated rings. The Kier molecular flexibility index (Phi) is 3.98. The summed E-state index contributed by atoms with van der Waals surface area (Å²) >= 11 is 3.42. The van der Waals surface area contributed by atoms with Crippen LogP contribution in [0.15, 0.2) is 22.6 Å². The Labute approximate surface area is 126 Å². The van der Waals surface area contributed by atoms with E-state index in [1.54, 1.807) is 23.1 Å². The molecule has 2 aromatic rings. The van der Waals surface area contributed by atoms with Crippen LogP contribution in [0.25, 0.3) is 10.3 Å². The summed E-state index contributed by atoms with van der Waals surface area (Å²) in [7, 11) is 0. The van der Waals surface area contributed by atoms with Gasteiger partial charge in [-0.15, -0.1) is 17.9 Å². The molecule has 0 saturated heterocycles. The van der Waals surface area contributed by atoms with Crippen LogP contribution in [0.2, 0.25) is 0 Å². The first kappa shape index (κ1) is 13.9. The number of aromatic nitrogens is 2. The van der Waals surface area contributed by atoms with Crippen LogP contribution in [0.3, 0.4) is 0 Å². The third kappa shape index (κ3) is 2.23. The van der Waals surface area contributed by atoms with Crippen molar-refractivity contribution in [3.8, 4) is 0 Å². The summed E-state index contributed by atoms with van der Waals surface area (Å²) in [5.41, 5.74) is 1.86. The minimum absolute atomic E-state index is 0.168. The molecular formula is C15H18N2OS2. The van der Waals surface area contributed by atoms with E-state index in [4.69, 9.17) is 0 Å². The molecule has 106 valence electrons. The third-order valence-electron chi connectivity index (χ3n) is 3.66. The van der Waals surface area contributed by atoms with Crippen molar-refractivity contribution in [3.05, 3.63) is 33.3 Å². The second kappa shape index (κ2) is 5.74. The van der Waals surface area contributed by atoms with Crippen LogP contribution in [-0.2, 0) is 19.4 Å². The molecule has 3 nitrogen and oxygen atoms in total. The van der Waals surface area contributed by atoms with Gasteiger partial charge in [-0.2, -0.15) is 0 Å². The van der Waals surface area contributed by atoms with Gasteiger partial charge in [0.15, 0.2) is 5.16 Å². The lowest BCUT2D eigenvalue weighted by Crippen LogP contribution is -2.15. The summed E-state index contributed by atoms with van der Waals surface area (Å²) in [6.45, 7) is 6.71. The minimum atomic E-state index is 0.168. The van der Waals surface area contributed by atoms with E-state index in [0.717, 1.165) is 47.1 Å². The number of fused-ring (bicyclic) bond motifs is 2. The highest BCUT2D eigenvalue weighted by Crippen LogP contribution is 2.31. The molecule has 0 amide bonds. The van der Waals surface area contributed by atoms with Gasteiger partial charge in [0.1, 0.15) is 10.3 Å². The molecule has 5 heteroatoms. The number of rotatable bonds is 4. The monoisotopic (exact) mass is 306 g/mol. The zero-order valence-electron chi connectivity index (χ0n) is 11.6. The van der Waals surface area contributed by atoms with Gasteiger partial charge in [-0.3, -0.25) is 4.79 Å². The van der Waals surface area contributed by atoms with Crippen molar-refractivity contribution in [2.75, 3.05) is 5.75 Å². The fraction of sp³-hybridized carbons (Fsp3) is 0.467. The number of aryl methyl sites for hydroxylation is 2. The summed E-state index contributed by atoms with van der Waals surface area (Å²) in [6.07, 6.45) is 6.18. The first-order chi connectivity index (χ1) is 9.76. The maximum atomic E-state index is 12.6. The molecule has 0 aliphatic heterocycles. The maximum Gasteiger partial charge on any atom is 0.211 e. The first-order valence-electron chi connectivity index (χ1n) is 7.05. The van der Waals surface area contributed by atoms with Crippen LogP contribution in [-0.4, -0.2) is 15.3 Å². The van der Waals surface area contributed by atoms with E-state index in [2.05, 4.69) is 23.1 Å². The van der Waals surface area contributed by atoms with Crippen LogP contribution < -0.4 is 5.43 Å². The van der Waals surface area contributed by atoms with E-state index in [1.165, 1.54) is 11.3 Å². The van der Waals surface area contributed by atoms with Gasteiger partial charge in [-0.1, -0.05) is 17.8 Å². The molecular weight excluding hydrogens is 288 g/mol. The van der Waals surface area contributed by atoms with E-state index in [1.807, 2.05) is 6.08 Å². The van der Waals surface area contributed by atoms with Gasteiger partial charge in [0, 0.05) is 22.7 Å². The van der Waals surface area contributed by atoms with E-state index in [9.17, 15) is 4.79 Å². The van der Waals surface area contributed by atoms with Crippen LogP contribution in [0.5, 0.6) is 0 Å². The molecule has 0 saturated carbocycles. The predicted octanol–water partition coefficient (Wildman–Crippen LogP) is 3.63. The van der Waals surface area contributed by atoms with E-state index >= 15 is 0 Å². The topological polar surface area (TPSA) is 34.9 Å². The van der Waals surface area contributed by atoms with Crippen molar-refractivity contribution in [1.29, 1.82) is 0 Å². The van der Waals surface area contributed by atoms with Gasteiger partial charge in [-0.05, 0) is 32.6 Å². The number of imidazole rings is 1. The fourth-order valence-corrected chi connectivity index (χ4v) is 4.90. The first-order valence-corrected chi connectivity index (χ1v) is 8.85. The van der Waals surface area contributed by atoms with E-state index < -0.39 is 0 Å². The van der Waals surface area contributed by atoms with Crippen LogP contribution in [0.1, 0.15) is 30.2 Å². The summed E-state index contributed by atoms with van der Waals surface area (Å²) < 4.78 is 2.17. The summed E-state index contributed by atoms with van der Waals surface area (Å²) in [5.74, 6) is 0.821. The highest BCUT2D eigenvalue weighted by atomic mass is 32.2. The summed E-state index contributed by atoms with van der Waals surface area (Å²) in [6, 6.07) is 0. The lowest BCUT2D eigenvalue weighted by Gasteiger charge is -2.13. The van der Waals surface area contributed by atoms with Crippen molar-refractivity contribution in [1.82, 2.24) is 9.55 Å². The van der Waals surface area contributed by atoms with Crippen LogP contribution in [0, 0.1) is 0 Å². The Balaban J connectivity index is 2.22. The van der Waals surface area contributed by atoms with Gasteiger partial charge >= 0.3 is 0 Å². The van der Waals surface area contributed by atoms with Crippen LogP contribution >= 0.6 is 23.1 Å². The van der Waals surface area contributed by atoms with Crippen LogP contribution in [0.4, 0.5) is 0 Å². The highest BCUT2D eigenvalue weighted by Gasteiger charge is 2.20. The van der Waals surface area contributed by atoms with E-state index in [-0.39, 0.29) is 5.43 Å². The van der Waals surface area contributed by atoms with Gasteiger partial charge in [0.25, 0.3) is 0 Å². The molecule has 0 spiro atoms. The molecule has 3 rings (SSSR count). The Hall–Kier alpha value is -1.07. The normalized spacial score (nSPS) is 14.4. The lowest BCUT2D eigenvalue weighted by atomic mass is 9.98. The Morgan fingerprint density at radius 3 is 3.00 bits per heavy atom. The molecule has 0 radical (unpaired) electrons. The highest BCUT2D eigenvalue weighted by molar-refractivity contribution is 7.99. The fourth-order valence-electron chi connectivity index (χ4n) is 2.68. The predicted molar refractivity (Wildman–Crippen MR) is 87.1 cm³/mol. The molecule has 20 heavy (non-hydrogen) atoms. The largest absolute Gasteiger partial charge is 0.311 e. The maximum absolute atomic E-state index is 12.6. The number of nitrogens with zero attached hydrogens (tertiary/aromatic N) is 2. The molecule has 0 bridgehead atoms. The number of hydrogen-bond acceptors (Lipinski definition) is 4. The number of hydrogen-bond donors (Lipinski definition) is 0. The molecule has 2 aromatic heterocycles. The zero-order valence-corrected chi connectivity index (χ0v) is 13.3. The Bertz CT molecular complexity index is 715. The molecule has 0 unspecified atom stereocenters. The average molecular weight is 306 g/mol. The van der Waals surface area contributed by atoms with Crippen molar-refractivity contribution >= 4 is 33.4 Å². The van der Waals surface area contributed by atoms with Crippen molar-refractivity contribution in [2.45, 2.75) is 44.3 Å². The third-order valence-corrected chi connectivity index (χ3v) is 5.94. The standard InChI is InChI=1S/C15H18N2OS2/c1-3-9-19-15-16-12-13(18)10-7-5-6-8-11(10)20-14(12)17(15)4-2/h3H,1,4-9H2,2H3. The minimum Gasteiger partial charge on any atom is -0.311 e. The smallest absolute Gasteiger partial charge is 0.211 e. The second-order valence-corrected chi connectivity index (χ2v) is 7.00. The van der Waals surface area contributed by atoms with Gasteiger partial charge in [-0.25, -0.2) is 4.98 Å². The summed E-state index contributed by atoms with van der Waals surface area (Å²) in [4.78, 5) is 19.6. The van der Waals surface area contributed by atoms with Gasteiger partial charge in [0.05, 0.1) is 0 Å². The van der Waals surface area contributed by atoms with Crippen molar-refractivity contribution < 1.29 is 0 Å². The number of thioether (sulfide) groups is 1. The molecule has 1 aliphatic carbocycles.